The van der Waals surface area contributed by atoms with Crippen LogP contribution in [0.15, 0.2) is 58.1 Å². The number of hydrogen-bond donors (Lipinski definition) is 1. The average Bonchev–Trinajstić information content (AvgIpc) is 3.10. The lowest BCUT2D eigenvalue weighted by Gasteiger charge is -2.12. The van der Waals surface area contributed by atoms with Crippen LogP contribution in [0.2, 0.25) is 0 Å². The van der Waals surface area contributed by atoms with Crippen LogP contribution in [0.3, 0.4) is 0 Å². The molecule has 30 heavy (non-hydrogen) atoms. The molecule has 0 fully saturated rings. The first kappa shape index (κ1) is 19.7. The Hall–Kier alpha value is -3.61. The zero-order chi connectivity index (χ0) is 21.4. The van der Waals surface area contributed by atoms with E-state index in [1.807, 2.05) is 35.8 Å². The maximum Gasteiger partial charge on any atom is 0.332 e. The molecule has 154 valence electrons. The second kappa shape index (κ2) is 7.67. The Morgan fingerprint density at radius 3 is 2.00 bits per heavy atom. The van der Waals surface area contributed by atoms with Crippen LogP contribution in [0.1, 0.15) is 22.3 Å². The van der Waals surface area contributed by atoms with Crippen LogP contribution in [0, 0.1) is 13.8 Å². The van der Waals surface area contributed by atoms with Crippen molar-refractivity contribution in [3.8, 4) is 0 Å². The Morgan fingerprint density at radius 2 is 1.40 bits per heavy atom. The Balaban J connectivity index is 1.82. The quantitative estimate of drug-likeness (QED) is 0.556. The Kier molecular flexibility index (Phi) is 5.03. The van der Waals surface area contributed by atoms with Crippen LogP contribution >= 0.6 is 0 Å². The molecule has 0 bridgehead atoms. The molecule has 7 heteroatoms. The van der Waals surface area contributed by atoms with E-state index in [0.717, 1.165) is 15.7 Å². The van der Waals surface area contributed by atoms with Crippen molar-refractivity contribution in [1.82, 2.24) is 18.7 Å². The topological polar surface area (TPSA) is 73.8 Å². The molecule has 0 amide bonds. The lowest BCUT2D eigenvalue weighted by atomic mass is 10.1. The Labute approximate surface area is 174 Å². The number of nitrogens with one attached hydrogen (secondary N) is 1. The van der Waals surface area contributed by atoms with E-state index >= 15 is 0 Å². The number of anilines is 1. The van der Waals surface area contributed by atoms with E-state index < -0.39 is 5.69 Å². The van der Waals surface area contributed by atoms with E-state index in [1.165, 1.54) is 22.7 Å². The molecule has 0 unspecified atom stereocenters. The van der Waals surface area contributed by atoms with Gasteiger partial charge in [-0.1, -0.05) is 59.7 Å². The van der Waals surface area contributed by atoms with Gasteiger partial charge in [0, 0.05) is 20.6 Å². The molecule has 2 heterocycles. The molecule has 0 saturated heterocycles. The summed E-state index contributed by atoms with van der Waals surface area (Å²) in [7, 11) is 3.13. The van der Waals surface area contributed by atoms with Gasteiger partial charge in [0.2, 0.25) is 5.95 Å². The highest BCUT2D eigenvalue weighted by atomic mass is 16.2. The number of fused-ring (bicyclic) bond motifs is 1. The molecule has 4 rings (SSSR count). The van der Waals surface area contributed by atoms with Crippen molar-refractivity contribution in [2.75, 3.05) is 5.32 Å². The fraction of sp³-hybridized carbons (Fsp3) is 0.261. The highest BCUT2D eigenvalue weighted by molar-refractivity contribution is 5.74. The summed E-state index contributed by atoms with van der Waals surface area (Å²) >= 11 is 0. The minimum absolute atomic E-state index is 0.351. The van der Waals surface area contributed by atoms with Crippen LogP contribution in [-0.2, 0) is 27.2 Å². The smallest absolute Gasteiger partial charge is 0.332 e. The van der Waals surface area contributed by atoms with Gasteiger partial charge in [-0.3, -0.25) is 18.5 Å². The average molecular weight is 403 g/mol. The highest BCUT2D eigenvalue weighted by Gasteiger charge is 2.19. The van der Waals surface area contributed by atoms with Gasteiger partial charge in [0.1, 0.15) is 0 Å². The second-order valence-corrected chi connectivity index (χ2v) is 7.72. The van der Waals surface area contributed by atoms with Gasteiger partial charge in [-0.25, -0.2) is 4.79 Å². The third-order valence-electron chi connectivity index (χ3n) is 5.38. The predicted molar refractivity (Wildman–Crippen MR) is 119 cm³/mol. The van der Waals surface area contributed by atoms with Crippen LogP contribution < -0.4 is 16.6 Å². The van der Waals surface area contributed by atoms with E-state index in [-0.39, 0.29) is 5.56 Å². The van der Waals surface area contributed by atoms with Crippen molar-refractivity contribution in [2.24, 2.45) is 14.1 Å². The third-order valence-corrected chi connectivity index (χ3v) is 5.38. The summed E-state index contributed by atoms with van der Waals surface area (Å²) < 4.78 is 4.40. The lowest BCUT2D eigenvalue weighted by Crippen LogP contribution is -2.37. The molecule has 4 aromatic rings. The molecule has 7 nitrogen and oxygen atoms in total. The largest absolute Gasteiger partial charge is 0.351 e. The molecule has 2 aromatic heterocycles. The van der Waals surface area contributed by atoms with E-state index in [9.17, 15) is 9.59 Å². The molecule has 0 saturated carbocycles. The monoisotopic (exact) mass is 403 g/mol. The van der Waals surface area contributed by atoms with E-state index in [0.29, 0.717) is 30.2 Å². The van der Waals surface area contributed by atoms with E-state index in [4.69, 9.17) is 0 Å². The highest BCUT2D eigenvalue weighted by Crippen LogP contribution is 2.19. The number of benzene rings is 2. The number of nitrogens with zero attached hydrogens (tertiary/aromatic N) is 4. The van der Waals surface area contributed by atoms with Gasteiger partial charge in [-0.2, -0.15) is 4.98 Å². The summed E-state index contributed by atoms with van der Waals surface area (Å²) in [4.78, 5) is 30.0. The van der Waals surface area contributed by atoms with Gasteiger partial charge in [0.05, 0.1) is 6.54 Å². The molecule has 0 aliphatic carbocycles. The molecule has 2 aromatic carbocycles. The van der Waals surface area contributed by atoms with Gasteiger partial charge in [0.15, 0.2) is 11.2 Å². The van der Waals surface area contributed by atoms with Gasteiger partial charge in [0.25, 0.3) is 5.56 Å². The molecule has 0 aliphatic heterocycles. The van der Waals surface area contributed by atoms with Gasteiger partial charge >= 0.3 is 5.69 Å². The van der Waals surface area contributed by atoms with Crippen molar-refractivity contribution in [3.63, 3.8) is 0 Å². The van der Waals surface area contributed by atoms with Gasteiger partial charge in [-0.05, 0) is 25.0 Å². The fourth-order valence-electron chi connectivity index (χ4n) is 3.50. The van der Waals surface area contributed by atoms with Crippen molar-refractivity contribution < 1.29 is 0 Å². The number of rotatable bonds is 5. The standard InChI is InChI=1S/C23H25N5O2/c1-15-5-9-17(10-6-15)13-24-22-25-20-19(21(29)27(4)23(30)26(20)3)28(22)14-18-11-7-16(2)8-12-18/h5-12H,13-14H2,1-4H3,(H,24,25). The molecule has 0 aliphatic rings. The van der Waals surface area contributed by atoms with Crippen molar-refractivity contribution in [3.05, 3.63) is 91.6 Å². The molecule has 1 N–H and O–H groups in total. The number of aromatic nitrogens is 4. The van der Waals surface area contributed by atoms with Gasteiger partial charge in [-0.15, -0.1) is 0 Å². The van der Waals surface area contributed by atoms with Crippen LogP contribution in [-0.4, -0.2) is 18.7 Å². The number of hydrogen-bond acceptors (Lipinski definition) is 4. The zero-order valence-electron chi connectivity index (χ0n) is 17.6. The number of aryl methyl sites for hydroxylation is 3. The Bertz CT molecular complexity index is 1330. The molecular formula is C23H25N5O2. The SMILES string of the molecule is Cc1ccc(CNc2nc3c(c(=O)n(C)c(=O)n3C)n2Cc2ccc(C)cc2)cc1. The summed E-state index contributed by atoms with van der Waals surface area (Å²) in [6, 6.07) is 16.4. The summed E-state index contributed by atoms with van der Waals surface area (Å²) in [6.45, 7) is 5.12. The van der Waals surface area contributed by atoms with E-state index in [1.54, 1.807) is 7.05 Å². The van der Waals surface area contributed by atoms with E-state index in [2.05, 4.69) is 41.5 Å². The molecule has 0 radical (unpaired) electrons. The molecular weight excluding hydrogens is 378 g/mol. The number of imidazole rings is 1. The molecule has 0 atom stereocenters. The Morgan fingerprint density at radius 1 is 0.833 bits per heavy atom. The summed E-state index contributed by atoms with van der Waals surface area (Å²) in [5, 5.41) is 3.35. The maximum absolute atomic E-state index is 13.0. The van der Waals surface area contributed by atoms with Crippen molar-refractivity contribution >= 4 is 17.1 Å². The second-order valence-electron chi connectivity index (χ2n) is 7.72. The summed E-state index contributed by atoms with van der Waals surface area (Å²) in [6.07, 6.45) is 0. The zero-order valence-corrected chi connectivity index (χ0v) is 17.6. The van der Waals surface area contributed by atoms with Gasteiger partial charge < -0.3 is 5.32 Å². The minimum atomic E-state index is -0.391. The first-order valence-electron chi connectivity index (χ1n) is 9.86. The summed E-state index contributed by atoms with van der Waals surface area (Å²) in [5.74, 6) is 0.560. The lowest BCUT2D eigenvalue weighted by molar-refractivity contribution is 0.702. The molecule has 0 spiro atoms. The maximum atomic E-state index is 13.0. The normalized spacial score (nSPS) is 11.2. The fourth-order valence-corrected chi connectivity index (χ4v) is 3.50. The minimum Gasteiger partial charge on any atom is -0.351 e. The van der Waals surface area contributed by atoms with Crippen molar-refractivity contribution in [2.45, 2.75) is 26.9 Å². The third kappa shape index (κ3) is 3.54. The first-order chi connectivity index (χ1) is 14.3. The van der Waals surface area contributed by atoms with Crippen molar-refractivity contribution in [1.29, 1.82) is 0 Å². The van der Waals surface area contributed by atoms with Crippen LogP contribution in [0.5, 0.6) is 0 Å². The predicted octanol–water partition coefficient (Wildman–Crippen LogP) is 2.71. The van der Waals surface area contributed by atoms with Crippen LogP contribution in [0.25, 0.3) is 11.2 Å². The summed E-state index contributed by atoms with van der Waals surface area (Å²) in [5.41, 5.74) is 4.57. The first-order valence-corrected chi connectivity index (χ1v) is 9.86. The van der Waals surface area contributed by atoms with Crippen LogP contribution in [0.4, 0.5) is 5.95 Å².